The maximum Gasteiger partial charge on any atom is 0.231 e. The standard InChI is InChI=1S/C21H20N6OS2/c1-14-7-3-5-9-17(14)23-19(28)11-20-22-16(12-29-20)13-30-21-24-25-26-27(21)18-10-6-4-8-15(18)2/h3-10,12H,11,13H2,1-2H3,(H,23,28). The number of para-hydroxylation sites is 2. The minimum absolute atomic E-state index is 0.0682. The summed E-state index contributed by atoms with van der Waals surface area (Å²) in [6.07, 6.45) is 0.255. The van der Waals surface area contributed by atoms with Crippen molar-refractivity contribution < 1.29 is 4.79 Å². The van der Waals surface area contributed by atoms with E-state index in [2.05, 4.69) is 25.8 Å². The molecule has 2 heterocycles. The number of thiazole rings is 1. The van der Waals surface area contributed by atoms with Crippen molar-refractivity contribution in [3.05, 3.63) is 75.7 Å². The predicted octanol–water partition coefficient (Wildman–Crippen LogP) is 4.21. The van der Waals surface area contributed by atoms with E-state index in [0.29, 0.717) is 10.9 Å². The molecule has 4 rings (SSSR count). The van der Waals surface area contributed by atoms with Gasteiger partial charge in [0.25, 0.3) is 0 Å². The highest BCUT2D eigenvalue weighted by Gasteiger charge is 2.13. The van der Waals surface area contributed by atoms with Gasteiger partial charge in [0, 0.05) is 16.8 Å². The summed E-state index contributed by atoms with van der Waals surface area (Å²) >= 11 is 3.01. The summed E-state index contributed by atoms with van der Waals surface area (Å²) in [5.41, 5.74) is 4.83. The quantitative estimate of drug-likeness (QED) is 0.437. The number of thioether (sulfide) groups is 1. The molecule has 9 heteroatoms. The number of carbonyl (C=O) groups is 1. The maximum absolute atomic E-state index is 12.3. The normalized spacial score (nSPS) is 10.9. The average molecular weight is 437 g/mol. The summed E-state index contributed by atoms with van der Waals surface area (Å²) in [6.45, 7) is 4.00. The number of carbonyl (C=O) groups excluding carboxylic acids is 1. The Morgan fingerprint density at radius 2 is 1.87 bits per heavy atom. The van der Waals surface area contributed by atoms with E-state index in [-0.39, 0.29) is 12.3 Å². The summed E-state index contributed by atoms with van der Waals surface area (Å²) in [5, 5.41) is 18.5. The van der Waals surface area contributed by atoms with E-state index < -0.39 is 0 Å². The number of rotatable bonds is 7. The van der Waals surface area contributed by atoms with Crippen LogP contribution in [0.4, 0.5) is 5.69 Å². The lowest BCUT2D eigenvalue weighted by atomic mass is 10.2. The number of anilines is 1. The van der Waals surface area contributed by atoms with Crippen molar-refractivity contribution in [3.63, 3.8) is 0 Å². The molecule has 0 unspecified atom stereocenters. The molecule has 2 aromatic heterocycles. The van der Waals surface area contributed by atoms with Crippen LogP contribution in [-0.4, -0.2) is 31.1 Å². The molecule has 4 aromatic rings. The van der Waals surface area contributed by atoms with Crippen LogP contribution in [0.5, 0.6) is 0 Å². The molecule has 30 heavy (non-hydrogen) atoms. The van der Waals surface area contributed by atoms with Gasteiger partial charge in [0.2, 0.25) is 11.1 Å². The molecule has 0 bridgehead atoms. The Hall–Kier alpha value is -3.04. The van der Waals surface area contributed by atoms with Gasteiger partial charge in [0.05, 0.1) is 17.8 Å². The fourth-order valence-electron chi connectivity index (χ4n) is 2.90. The molecule has 0 aliphatic heterocycles. The minimum atomic E-state index is -0.0682. The first-order chi connectivity index (χ1) is 14.6. The zero-order valence-electron chi connectivity index (χ0n) is 16.6. The number of amides is 1. The first-order valence-electron chi connectivity index (χ1n) is 9.36. The second-order valence-electron chi connectivity index (χ2n) is 6.72. The largest absolute Gasteiger partial charge is 0.325 e. The van der Waals surface area contributed by atoms with Crippen LogP contribution in [0.2, 0.25) is 0 Å². The molecule has 0 fully saturated rings. The molecule has 0 aliphatic rings. The summed E-state index contributed by atoms with van der Waals surface area (Å²) in [6, 6.07) is 15.7. The zero-order chi connectivity index (χ0) is 20.9. The Morgan fingerprint density at radius 3 is 2.67 bits per heavy atom. The first kappa shape index (κ1) is 20.2. The maximum atomic E-state index is 12.3. The lowest BCUT2D eigenvalue weighted by Gasteiger charge is -2.07. The van der Waals surface area contributed by atoms with Gasteiger partial charge in [-0.15, -0.1) is 16.4 Å². The van der Waals surface area contributed by atoms with Crippen molar-refractivity contribution in [2.45, 2.75) is 31.2 Å². The predicted molar refractivity (Wildman–Crippen MR) is 119 cm³/mol. The third-order valence-electron chi connectivity index (χ3n) is 4.46. The number of nitrogens with one attached hydrogen (secondary N) is 1. The van der Waals surface area contributed by atoms with Crippen molar-refractivity contribution in [3.8, 4) is 5.69 Å². The summed E-state index contributed by atoms with van der Waals surface area (Å²) in [7, 11) is 0. The lowest BCUT2D eigenvalue weighted by molar-refractivity contribution is -0.115. The molecule has 0 radical (unpaired) electrons. The van der Waals surface area contributed by atoms with Crippen molar-refractivity contribution in [1.82, 2.24) is 25.2 Å². The third kappa shape index (κ3) is 4.74. The number of hydrogen-bond acceptors (Lipinski definition) is 7. The number of tetrazole rings is 1. The monoisotopic (exact) mass is 436 g/mol. The molecular formula is C21H20N6OS2. The van der Waals surface area contributed by atoms with E-state index >= 15 is 0 Å². The van der Waals surface area contributed by atoms with Gasteiger partial charge in [-0.1, -0.05) is 48.2 Å². The second kappa shape index (κ2) is 9.19. The van der Waals surface area contributed by atoms with Crippen molar-refractivity contribution in [1.29, 1.82) is 0 Å². The number of nitrogens with zero attached hydrogens (tertiary/aromatic N) is 5. The fraction of sp³-hybridized carbons (Fsp3) is 0.190. The molecule has 2 aromatic carbocycles. The summed E-state index contributed by atoms with van der Waals surface area (Å²) < 4.78 is 1.74. The SMILES string of the molecule is Cc1ccccc1NC(=O)Cc1nc(CSc2nnnn2-c2ccccc2C)cs1. The highest BCUT2D eigenvalue weighted by molar-refractivity contribution is 7.98. The van der Waals surface area contributed by atoms with Gasteiger partial charge in [-0.2, -0.15) is 4.68 Å². The van der Waals surface area contributed by atoms with Crippen LogP contribution in [-0.2, 0) is 17.0 Å². The van der Waals surface area contributed by atoms with Crippen molar-refractivity contribution >= 4 is 34.7 Å². The van der Waals surface area contributed by atoms with Crippen LogP contribution in [0.3, 0.4) is 0 Å². The number of aromatic nitrogens is 5. The number of aryl methyl sites for hydroxylation is 2. The second-order valence-corrected chi connectivity index (χ2v) is 8.61. The molecule has 7 nitrogen and oxygen atoms in total. The molecule has 152 valence electrons. The van der Waals surface area contributed by atoms with E-state index in [1.165, 1.54) is 23.1 Å². The van der Waals surface area contributed by atoms with Crippen LogP contribution in [0.25, 0.3) is 5.69 Å². The smallest absolute Gasteiger partial charge is 0.231 e. The Kier molecular flexibility index (Phi) is 6.20. The topological polar surface area (TPSA) is 85.6 Å². The average Bonchev–Trinajstić information content (AvgIpc) is 3.38. The molecular weight excluding hydrogens is 416 g/mol. The molecule has 0 saturated carbocycles. The van der Waals surface area contributed by atoms with E-state index in [4.69, 9.17) is 0 Å². The van der Waals surface area contributed by atoms with Gasteiger partial charge >= 0.3 is 0 Å². The molecule has 1 amide bonds. The summed E-state index contributed by atoms with van der Waals surface area (Å²) in [5.74, 6) is 0.559. The molecule has 0 spiro atoms. The number of benzene rings is 2. The van der Waals surface area contributed by atoms with Crippen molar-refractivity contribution in [2.24, 2.45) is 0 Å². The molecule has 0 atom stereocenters. The van der Waals surface area contributed by atoms with Gasteiger partial charge in [0.15, 0.2) is 0 Å². The molecule has 1 N–H and O–H groups in total. The lowest BCUT2D eigenvalue weighted by Crippen LogP contribution is -2.15. The minimum Gasteiger partial charge on any atom is -0.325 e. The van der Waals surface area contributed by atoms with Gasteiger partial charge in [-0.3, -0.25) is 4.79 Å². The van der Waals surface area contributed by atoms with E-state index in [0.717, 1.165) is 33.2 Å². The Labute approximate surface area is 182 Å². The highest BCUT2D eigenvalue weighted by atomic mass is 32.2. The fourth-order valence-corrected chi connectivity index (χ4v) is 4.58. The van der Waals surface area contributed by atoms with Crippen LogP contribution in [0.15, 0.2) is 59.1 Å². The molecule has 0 saturated heterocycles. The molecule has 0 aliphatic carbocycles. The van der Waals surface area contributed by atoms with Gasteiger partial charge < -0.3 is 5.32 Å². The van der Waals surface area contributed by atoms with Crippen molar-refractivity contribution in [2.75, 3.05) is 5.32 Å². The first-order valence-corrected chi connectivity index (χ1v) is 11.2. The van der Waals surface area contributed by atoms with Gasteiger partial charge in [-0.25, -0.2) is 4.98 Å². The summed E-state index contributed by atoms with van der Waals surface area (Å²) in [4.78, 5) is 16.9. The zero-order valence-corrected chi connectivity index (χ0v) is 18.2. The van der Waals surface area contributed by atoms with E-state index in [1.807, 2.05) is 67.8 Å². The van der Waals surface area contributed by atoms with Crippen LogP contribution in [0.1, 0.15) is 21.8 Å². The third-order valence-corrected chi connectivity index (χ3v) is 6.31. The van der Waals surface area contributed by atoms with Crippen LogP contribution < -0.4 is 5.32 Å². The van der Waals surface area contributed by atoms with E-state index in [1.54, 1.807) is 4.68 Å². The Bertz CT molecular complexity index is 1170. The Morgan fingerprint density at radius 1 is 1.10 bits per heavy atom. The number of hydrogen-bond donors (Lipinski definition) is 1. The van der Waals surface area contributed by atoms with Gasteiger partial charge in [0.1, 0.15) is 5.01 Å². The highest BCUT2D eigenvalue weighted by Crippen LogP contribution is 2.25. The van der Waals surface area contributed by atoms with Gasteiger partial charge in [-0.05, 0) is 47.5 Å². The van der Waals surface area contributed by atoms with E-state index in [9.17, 15) is 4.79 Å². The van der Waals surface area contributed by atoms with Crippen LogP contribution in [0, 0.1) is 13.8 Å². The Balaban J connectivity index is 1.37. The van der Waals surface area contributed by atoms with Crippen LogP contribution >= 0.6 is 23.1 Å².